The van der Waals surface area contributed by atoms with Crippen molar-refractivity contribution >= 4 is 10.8 Å². The summed E-state index contributed by atoms with van der Waals surface area (Å²) in [6.45, 7) is 2.25. The van der Waals surface area contributed by atoms with Crippen molar-refractivity contribution in [1.29, 1.82) is 0 Å². The summed E-state index contributed by atoms with van der Waals surface area (Å²) < 4.78 is 17.2. The largest absolute Gasteiger partial charge is 0.507 e. The third-order valence-electron chi connectivity index (χ3n) is 5.21. The van der Waals surface area contributed by atoms with Crippen LogP contribution in [0.25, 0.3) is 10.8 Å². The summed E-state index contributed by atoms with van der Waals surface area (Å²) in [4.78, 5) is 4.61. The van der Waals surface area contributed by atoms with Crippen molar-refractivity contribution in [2.75, 3.05) is 14.2 Å². The van der Waals surface area contributed by atoms with Crippen LogP contribution in [0.1, 0.15) is 19.0 Å². The van der Waals surface area contributed by atoms with Crippen molar-refractivity contribution in [3.05, 3.63) is 30.1 Å². The Hall–Kier alpha value is -2.43. The molecule has 0 saturated heterocycles. The number of aromatic hydroxyl groups is 1. The summed E-state index contributed by atoms with van der Waals surface area (Å²) in [6, 6.07) is 1.58. The highest BCUT2D eigenvalue weighted by molar-refractivity contribution is 6.01. The zero-order chi connectivity index (χ0) is 16.8. The summed E-state index contributed by atoms with van der Waals surface area (Å²) in [6.07, 6.45) is 7.82. The van der Waals surface area contributed by atoms with Gasteiger partial charge in [0.05, 0.1) is 36.9 Å². The van der Waals surface area contributed by atoms with E-state index in [0.29, 0.717) is 34.5 Å². The van der Waals surface area contributed by atoms with E-state index in [1.165, 1.54) is 0 Å². The Balaban J connectivity index is 2.03. The lowest BCUT2D eigenvalue weighted by Gasteiger charge is -2.31. The number of allylic oxidation sites excluding steroid dienone is 1. The SMILES string of the molecule is COc1cc(O)c2c(OC)cnc3c2c1OC1C=CCC(C)C1C3. The van der Waals surface area contributed by atoms with Gasteiger partial charge >= 0.3 is 0 Å². The predicted octanol–water partition coefficient (Wildman–Crippen LogP) is 3.47. The Morgan fingerprint density at radius 1 is 1.21 bits per heavy atom. The molecule has 0 fully saturated rings. The first kappa shape index (κ1) is 15.1. The minimum Gasteiger partial charge on any atom is -0.507 e. The van der Waals surface area contributed by atoms with Gasteiger partial charge in [-0.3, -0.25) is 4.98 Å². The summed E-state index contributed by atoms with van der Waals surface area (Å²) in [5, 5.41) is 11.9. The monoisotopic (exact) mass is 327 g/mol. The van der Waals surface area contributed by atoms with Crippen LogP contribution in [-0.2, 0) is 6.42 Å². The van der Waals surface area contributed by atoms with Crippen LogP contribution in [0.3, 0.4) is 0 Å². The number of phenols is 1. The number of pyridine rings is 1. The van der Waals surface area contributed by atoms with Crippen molar-refractivity contribution in [3.8, 4) is 23.0 Å². The molecular weight excluding hydrogens is 306 g/mol. The molecule has 1 aromatic heterocycles. The molecule has 1 aromatic carbocycles. The average molecular weight is 327 g/mol. The number of benzene rings is 1. The minimum atomic E-state index is -0.0180. The van der Waals surface area contributed by atoms with Gasteiger partial charge in [-0.15, -0.1) is 0 Å². The molecule has 2 heterocycles. The fourth-order valence-corrected chi connectivity index (χ4v) is 3.87. The van der Waals surface area contributed by atoms with Crippen molar-refractivity contribution in [1.82, 2.24) is 4.98 Å². The fourth-order valence-electron chi connectivity index (χ4n) is 3.87. The summed E-state index contributed by atoms with van der Waals surface area (Å²) in [7, 11) is 3.15. The number of nitrogens with zero attached hydrogens (tertiary/aromatic N) is 1. The van der Waals surface area contributed by atoms with E-state index in [1.54, 1.807) is 26.5 Å². The maximum absolute atomic E-state index is 10.5. The van der Waals surface area contributed by atoms with E-state index in [4.69, 9.17) is 14.2 Å². The lowest BCUT2D eigenvalue weighted by molar-refractivity contribution is 0.131. The third-order valence-corrected chi connectivity index (χ3v) is 5.21. The maximum Gasteiger partial charge on any atom is 0.172 e. The summed E-state index contributed by atoms with van der Waals surface area (Å²) >= 11 is 0. The molecule has 1 aliphatic carbocycles. The first-order chi connectivity index (χ1) is 11.6. The van der Waals surface area contributed by atoms with Gasteiger partial charge in [0, 0.05) is 12.0 Å². The molecule has 24 heavy (non-hydrogen) atoms. The van der Waals surface area contributed by atoms with Gasteiger partial charge in [0.1, 0.15) is 17.6 Å². The Morgan fingerprint density at radius 2 is 2.00 bits per heavy atom. The van der Waals surface area contributed by atoms with Gasteiger partial charge in [0.15, 0.2) is 11.5 Å². The number of methoxy groups -OCH3 is 2. The first-order valence-corrected chi connectivity index (χ1v) is 8.22. The molecule has 2 aliphatic rings. The van der Waals surface area contributed by atoms with E-state index in [9.17, 15) is 5.11 Å². The molecule has 3 unspecified atom stereocenters. The third kappa shape index (κ3) is 2.11. The molecule has 1 N–H and O–H groups in total. The molecule has 0 amide bonds. The van der Waals surface area contributed by atoms with Crippen molar-refractivity contribution in [2.24, 2.45) is 11.8 Å². The fraction of sp³-hybridized carbons (Fsp3) is 0.421. The second-order valence-electron chi connectivity index (χ2n) is 6.54. The van der Waals surface area contributed by atoms with Gasteiger partial charge < -0.3 is 19.3 Å². The number of phenolic OH excluding ortho intramolecular Hbond substituents is 1. The van der Waals surface area contributed by atoms with Crippen LogP contribution in [0.5, 0.6) is 23.0 Å². The number of rotatable bonds is 2. The Kier molecular flexibility index (Phi) is 3.52. The second-order valence-corrected chi connectivity index (χ2v) is 6.54. The zero-order valence-corrected chi connectivity index (χ0v) is 14.1. The molecule has 0 bridgehead atoms. The minimum absolute atomic E-state index is 0.0180. The summed E-state index contributed by atoms with van der Waals surface area (Å²) in [5.74, 6) is 2.66. The highest BCUT2D eigenvalue weighted by Crippen LogP contribution is 2.49. The van der Waals surface area contributed by atoms with Crippen LogP contribution in [0.15, 0.2) is 24.4 Å². The van der Waals surface area contributed by atoms with E-state index in [2.05, 4.69) is 24.1 Å². The molecule has 0 saturated carbocycles. The first-order valence-electron chi connectivity index (χ1n) is 8.22. The molecule has 2 aromatic rings. The Labute approximate surface area is 140 Å². The predicted molar refractivity (Wildman–Crippen MR) is 91.0 cm³/mol. The number of fused-ring (bicyclic) bond motifs is 1. The Bertz CT molecular complexity index is 830. The van der Waals surface area contributed by atoms with Crippen LogP contribution in [-0.4, -0.2) is 30.4 Å². The van der Waals surface area contributed by atoms with Gasteiger partial charge in [-0.25, -0.2) is 0 Å². The molecule has 0 spiro atoms. The van der Waals surface area contributed by atoms with E-state index < -0.39 is 0 Å². The van der Waals surface area contributed by atoms with Gasteiger partial charge in [0.25, 0.3) is 0 Å². The standard InChI is InChI=1S/C19H21NO4/c1-10-5-4-6-14-11(10)7-12-17-18(16(23-3)9-20-12)13(21)8-15(22-2)19(17)24-14/h4,6,8-11,14,21H,5,7H2,1-3H3. The van der Waals surface area contributed by atoms with Gasteiger partial charge in [-0.1, -0.05) is 13.0 Å². The van der Waals surface area contributed by atoms with Crippen LogP contribution in [0.2, 0.25) is 0 Å². The van der Waals surface area contributed by atoms with Crippen molar-refractivity contribution in [3.63, 3.8) is 0 Å². The highest BCUT2D eigenvalue weighted by Gasteiger charge is 2.35. The van der Waals surface area contributed by atoms with E-state index in [-0.39, 0.29) is 11.9 Å². The quantitative estimate of drug-likeness (QED) is 0.856. The lowest BCUT2D eigenvalue weighted by Crippen LogP contribution is -2.33. The maximum atomic E-state index is 10.5. The zero-order valence-electron chi connectivity index (χ0n) is 14.1. The number of hydrogen-bond acceptors (Lipinski definition) is 5. The lowest BCUT2D eigenvalue weighted by atomic mass is 9.79. The van der Waals surface area contributed by atoms with Crippen molar-refractivity contribution < 1.29 is 19.3 Å². The van der Waals surface area contributed by atoms with E-state index in [0.717, 1.165) is 23.9 Å². The molecular formula is C19H21NO4. The number of aromatic nitrogens is 1. The number of ether oxygens (including phenoxy) is 3. The molecule has 3 atom stereocenters. The smallest absolute Gasteiger partial charge is 0.172 e. The highest BCUT2D eigenvalue weighted by atomic mass is 16.5. The van der Waals surface area contributed by atoms with Gasteiger partial charge in [-0.05, 0) is 24.8 Å². The van der Waals surface area contributed by atoms with E-state index >= 15 is 0 Å². The summed E-state index contributed by atoms with van der Waals surface area (Å²) in [5.41, 5.74) is 0.921. The van der Waals surface area contributed by atoms with Crippen molar-refractivity contribution in [2.45, 2.75) is 25.9 Å². The van der Waals surface area contributed by atoms with Crippen LogP contribution in [0, 0.1) is 11.8 Å². The normalized spacial score (nSPS) is 24.9. The molecule has 5 heteroatoms. The van der Waals surface area contributed by atoms with E-state index in [1.807, 2.05) is 0 Å². The molecule has 0 radical (unpaired) electrons. The molecule has 126 valence electrons. The Morgan fingerprint density at radius 3 is 2.75 bits per heavy atom. The molecule has 5 nitrogen and oxygen atoms in total. The molecule has 1 aliphatic heterocycles. The molecule has 4 rings (SSSR count). The van der Waals surface area contributed by atoms with Gasteiger partial charge in [0.2, 0.25) is 0 Å². The van der Waals surface area contributed by atoms with Gasteiger partial charge in [-0.2, -0.15) is 0 Å². The van der Waals surface area contributed by atoms with Crippen LogP contribution >= 0.6 is 0 Å². The van der Waals surface area contributed by atoms with Crippen LogP contribution in [0.4, 0.5) is 0 Å². The second kappa shape index (κ2) is 5.58. The average Bonchev–Trinajstić information content (AvgIpc) is 2.76. The van der Waals surface area contributed by atoms with Crippen LogP contribution < -0.4 is 14.2 Å². The number of hydrogen-bond donors (Lipinski definition) is 1. The topological polar surface area (TPSA) is 60.8 Å².